The first-order chi connectivity index (χ1) is 11.5. The van der Waals surface area contributed by atoms with E-state index in [9.17, 15) is 4.79 Å². The second-order valence-corrected chi connectivity index (χ2v) is 6.57. The van der Waals surface area contributed by atoms with Crippen molar-refractivity contribution in [2.45, 2.75) is 45.5 Å². The fourth-order valence-electron chi connectivity index (χ4n) is 3.25. The smallest absolute Gasteiger partial charge is 0.235 e. The molecule has 1 aliphatic rings. The van der Waals surface area contributed by atoms with Crippen molar-refractivity contribution in [1.29, 1.82) is 0 Å². The number of hydrogen-bond donors (Lipinski definition) is 1. The number of primary amides is 1. The number of rotatable bonds is 5. The number of amides is 1. The Balaban J connectivity index is 1.87. The highest BCUT2D eigenvalue weighted by Crippen LogP contribution is 2.28. The minimum absolute atomic E-state index is 0.111. The van der Waals surface area contributed by atoms with Gasteiger partial charge in [-0.2, -0.15) is 0 Å². The molecular weight excluding hydrogens is 300 g/mol. The summed E-state index contributed by atoms with van der Waals surface area (Å²) in [5.74, 6) is 0.598. The van der Waals surface area contributed by atoms with Gasteiger partial charge in [-0.25, -0.2) is 0 Å². The molecule has 0 radical (unpaired) electrons. The van der Waals surface area contributed by atoms with Gasteiger partial charge >= 0.3 is 0 Å². The van der Waals surface area contributed by atoms with Gasteiger partial charge in [0.05, 0.1) is 12.1 Å². The molecule has 1 aliphatic heterocycles. The highest BCUT2D eigenvalue weighted by Gasteiger charge is 2.30. The van der Waals surface area contributed by atoms with Gasteiger partial charge in [-0.05, 0) is 37.5 Å². The normalized spacial score (nSPS) is 17.5. The van der Waals surface area contributed by atoms with Gasteiger partial charge in [0.2, 0.25) is 5.91 Å². The van der Waals surface area contributed by atoms with Crippen molar-refractivity contribution in [3.8, 4) is 5.75 Å². The number of nitrogens with two attached hydrogens (primary N) is 1. The number of hydrogen-bond acceptors (Lipinski definition) is 3. The van der Waals surface area contributed by atoms with Crippen LogP contribution in [0.25, 0.3) is 0 Å². The zero-order chi connectivity index (χ0) is 17.1. The summed E-state index contributed by atoms with van der Waals surface area (Å²) in [6.45, 7) is 5.39. The summed E-state index contributed by atoms with van der Waals surface area (Å²) in [6.07, 6.45) is 0.777. The van der Waals surface area contributed by atoms with E-state index in [0.29, 0.717) is 13.0 Å². The quantitative estimate of drug-likeness (QED) is 0.920. The number of carbonyl (C=O) groups is 1. The van der Waals surface area contributed by atoms with Gasteiger partial charge in [-0.1, -0.05) is 42.5 Å². The van der Waals surface area contributed by atoms with Crippen molar-refractivity contribution in [3.05, 3.63) is 65.2 Å². The Labute approximate surface area is 143 Å². The predicted octanol–water partition coefficient (Wildman–Crippen LogP) is 2.89. The maximum atomic E-state index is 12.0. The molecule has 0 spiro atoms. The van der Waals surface area contributed by atoms with E-state index in [0.717, 1.165) is 17.9 Å². The first-order valence-electron chi connectivity index (χ1n) is 8.39. The Morgan fingerprint density at radius 2 is 1.83 bits per heavy atom. The summed E-state index contributed by atoms with van der Waals surface area (Å²) in [6, 6.07) is 16.0. The second-order valence-electron chi connectivity index (χ2n) is 6.57. The summed E-state index contributed by atoms with van der Waals surface area (Å²) in [7, 11) is 0. The fraction of sp³-hybridized carbons (Fsp3) is 0.350. The van der Waals surface area contributed by atoms with Crippen LogP contribution in [0.4, 0.5) is 0 Å². The average Bonchev–Trinajstić information content (AvgIpc) is 2.55. The van der Waals surface area contributed by atoms with Gasteiger partial charge in [0.25, 0.3) is 0 Å². The maximum Gasteiger partial charge on any atom is 0.235 e. The zero-order valence-electron chi connectivity index (χ0n) is 14.2. The number of nitrogens with zero attached hydrogens (tertiary/aromatic N) is 1. The second kappa shape index (κ2) is 7.05. The monoisotopic (exact) mass is 324 g/mol. The van der Waals surface area contributed by atoms with E-state index < -0.39 is 0 Å². The van der Waals surface area contributed by atoms with Crippen LogP contribution < -0.4 is 10.5 Å². The third-order valence-electron chi connectivity index (χ3n) is 4.38. The van der Waals surface area contributed by atoms with Crippen LogP contribution in [0.1, 0.15) is 30.5 Å². The Kier molecular flexibility index (Phi) is 4.86. The topological polar surface area (TPSA) is 55.6 Å². The van der Waals surface area contributed by atoms with E-state index in [-0.39, 0.29) is 18.1 Å². The zero-order valence-corrected chi connectivity index (χ0v) is 14.2. The summed E-state index contributed by atoms with van der Waals surface area (Å²) in [4.78, 5) is 14.1. The van der Waals surface area contributed by atoms with E-state index in [1.807, 2.05) is 44.2 Å². The molecule has 126 valence electrons. The van der Waals surface area contributed by atoms with Crippen LogP contribution in [0.5, 0.6) is 5.75 Å². The van der Waals surface area contributed by atoms with Crippen LogP contribution in [-0.2, 0) is 24.3 Å². The van der Waals surface area contributed by atoms with Gasteiger partial charge < -0.3 is 10.5 Å². The highest BCUT2D eigenvalue weighted by atomic mass is 16.5. The first-order valence-corrected chi connectivity index (χ1v) is 8.39. The van der Waals surface area contributed by atoms with Crippen molar-refractivity contribution >= 4 is 5.91 Å². The van der Waals surface area contributed by atoms with Crippen molar-refractivity contribution < 1.29 is 9.53 Å². The van der Waals surface area contributed by atoms with Gasteiger partial charge in [0.1, 0.15) is 5.75 Å². The Hall–Kier alpha value is -2.33. The summed E-state index contributed by atoms with van der Waals surface area (Å²) in [5.41, 5.74) is 9.23. The lowest BCUT2D eigenvalue weighted by Crippen LogP contribution is -2.48. The standard InChI is InChI=1S/C20H24N2O2/c1-14(2)24-19-10-6-5-9-17(19)13-22-12-16-8-4-3-7-15(16)11-18(22)20(21)23/h3-10,14,18H,11-13H2,1-2H3,(H2,21,23)/t18-/m0/s1. The Morgan fingerprint density at radius 3 is 2.54 bits per heavy atom. The lowest BCUT2D eigenvalue weighted by atomic mass is 9.93. The molecule has 1 heterocycles. The summed E-state index contributed by atoms with van der Waals surface area (Å²) >= 11 is 0. The van der Waals surface area contributed by atoms with E-state index in [2.05, 4.69) is 23.1 Å². The molecule has 1 atom stereocenters. The molecular formula is C20H24N2O2. The van der Waals surface area contributed by atoms with Crippen LogP contribution in [0, 0.1) is 0 Å². The molecule has 1 amide bonds. The average molecular weight is 324 g/mol. The lowest BCUT2D eigenvalue weighted by molar-refractivity contribution is -0.124. The molecule has 0 saturated carbocycles. The highest BCUT2D eigenvalue weighted by molar-refractivity contribution is 5.80. The van der Waals surface area contributed by atoms with Crippen LogP contribution in [0.3, 0.4) is 0 Å². The number of para-hydroxylation sites is 1. The van der Waals surface area contributed by atoms with Gasteiger partial charge in [0.15, 0.2) is 0 Å². The molecule has 0 saturated heterocycles. The Bertz CT molecular complexity index is 727. The molecule has 0 fully saturated rings. The van der Waals surface area contributed by atoms with Crippen molar-refractivity contribution in [2.75, 3.05) is 0 Å². The van der Waals surface area contributed by atoms with Gasteiger partial charge in [-0.15, -0.1) is 0 Å². The van der Waals surface area contributed by atoms with Crippen molar-refractivity contribution in [3.63, 3.8) is 0 Å². The SMILES string of the molecule is CC(C)Oc1ccccc1CN1Cc2ccccc2C[C@H]1C(N)=O. The molecule has 4 nitrogen and oxygen atoms in total. The molecule has 0 bridgehead atoms. The number of benzene rings is 2. The third kappa shape index (κ3) is 3.60. The third-order valence-corrected chi connectivity index (χ3v) is 4.38. The largest absolute Gasteiger partial charge is 0.491 e. The summed E-state index contributed by atoms with van der Waals surface area (Å²) < 4.78 is 5.91. The van der Waals surface area contributed by atoms with Crippen LogP contribution in [0.2, 0.25) is 0 Å². The number of ether oxygens (including phenoxy) is 1. The molecule has 3 rings (SSSR count). The molecule has 2 aromatic rings. The maximum absolute atomic E-state index is 12.0. The van der Waals surface area contributed by atoms with E-state index in [1.54, 1.807) is 0 Å². The lowest BCUT2D eigenvalue weighted by Gasteiger charge is -2.35. The molecule has 0 aliphatic carbocycles. The van der Waals surface area contributed by atoms with Crippen LogP contribution in [0.15, 0.2) is 48.5 Å². The Morgan fingerprint density at radius 1 is 1.17 bits per heavy atom. The molecule has 2 N–H and O–H groups in total. The minimum Gasteiger partial charge on any atom is -0.491 e. The van der Waals surface area contributed by atoms with Crippen LogP contribution >= 0.6 is 0 Å². The molecule has 0 aromatic heterocycles. The molecule has 4 heteroatoms. The van der Waals surface area contributed by atoms with E-state index >= 15 is 0 Å². The first kappa shape index (κ1) is 16.5. The molecule has 24 heavy (non-hydrogen) atoms. The van der Waals surface area contributed by atoms with E-state index in [4.69, 9.17) is 10.5 Å². The minimum atomic E-state index is -0.285. The molecule has 2 aromatic carbocycles. The predicted molar refractivity (Wildman–Crippen MR) is 94.6 cm³/mol. The van der Waals surface area contributed by atoms with Gasteiger partial charge in [-0.3, -0.25) is 9.69 Å². The number of fused-ring (bicyclic) bond motifs is 1. The summed E-state index contributed by atoms with van der Waals surface area (Å²) in [5, 5.41) is 0. The fourth-order valence-corrected chi connectivity index (χ4v) is 3.25. The van der Waals surface area contributed by atoms with Crippen molar-refractivity contribution in [1.82, 2.24) is 4.90 Å². The molecule has 0 unspecified atom stereocenters. The number of carbonyl (C=O) groups excluding carboxylic acids is 1. The van der Waals surface area contributed by atoms with Crippen molar-refractivity contribution in [2.24, 2.45) is 5.73 Å². The van der Waals surface area contributed by atoms with E-state index in [1.165, 1.54) is 11.1 Å². The van der Waals surface area contributed by atoms with Crippen LogP contribution in [-0.4, -0.2) is 23.0 Å². The van der Waals surface area contributed by atoms with Gasteiger partial charge in [0, 0.05) is 18.7 Å².